The first-order valence-electron chi connectivity index (χ1n) is 7.11. The van der Waals surface area contributed by atoms with Crippen LogP contribution in [0.3, 0.4) is 0 Å². The van der Waals surface area contributed by atoms with E-state index in [9.17, 15) is 4.79 Å². The topological polar surface area (TPSA) is 70.2 Å². The predicted molar refractivity (Wildman–Crippen MR) is 80.1 cm³/mol. The Labute approximate surface area is 120 Å². The Kier molecular flexibility index (Phi) is 4.42. The molecule has 0 spiro atoms. The molecule has 1 aliphatic rings. The summed E-state index contributed by atoms with van der Waals surface area (Å²) >= 11 is 0. The van der Waals surface area contributed by atoms with Crippen molar-refractivity contribution >= 4 is 17.5 Å². The van der Waals surface area contributed by atoms with E-state index in [1.165, 1.54) is 0 Å². The zero-order chi connectivity index (χ0) is 14.7. The number of aromatic nitrogens is 2. The van der Waals surface area contributed by atoms with Crippen LogP contribution < -0.4 is 15.5 Å². The van der Waals surface area contributed by atoms with E-state index >= 15 is 0 Å². The van der Waals surface area contributed by atoms with Crippen LogP contribution in [-0.4, -0.2) is 42.6 Å². The molecule has 2 rings (SSSR count). The average molecular weight is 277 g/mol. The van der Waals surface area contributed by atoms with E-state index < -0.39 is 0 Å². The molecule has 1 aliphatic heterocycles. The summed E-state index contributed by atoms with van der Waals surface area (Å²) in [6.45, 7) is 4.99. The maximum absolute atomic E-state index is 12.0. The Morgan fingerprint density at radius 3 is 2.75 bits per heavy atom. The number of nitrogens with zero attached hydrogens (tertiary/aromatic N) is 3. The number of carbonyl (C=O) groups excluding carboxylic acids is 1. The molecule has 6 heteroatoms. The van der Waals surface area contributed by atoms with Crippen molar-refractivity contribution in [2.24, 2.45) is 0 Å². The summed E-state index contributed by atoms with van der Waals surface area (Å²) in [5.41, 5.74) is 0. The standard InChI is InChI=1S/C14H23N5O/c1-9(2)13-17-11(15-3)8-12(18-13)19-7-5-6-10(19)14(20)16-4/h8-10H,5-7H2,1-4H3,(H,16,20)(H,15,17,18). The van der Waals surface area contributed by atoms with Crippen molar-refractivity contribution in [3.63, 3.8) is 0 Å². The lowest BCUT2D eigenvalue weighted by atomic mass is 10.2. The molecule has 0 bridgehead atoms. The highest BCUT2D eigenvalue weighted by Crippen LogP contribution is 2.27. The molecule has 20 heavy (non-hydrogen) atoms. The van der Waals surface area contributed by atoms with Gasteiger partial charge in [-0.1, -0.05) is 13.8 Å². The maximum Gasteiger partial charge on any atom is 0.242 e. The highest BCUT2D eigenvalue weighted by molar-refractivity contribution is 5.85. The van der Waals surface area contributed by atoms with E-state index in [4.69, 9.17) is 0 Å². The van der Waals surface area contributed by atoms with E-state index in [-0.39, 0.29) is 17.9 Å². The van der Waals surface area contributed by atoms with Gasteiger partial charge in [0.1, 0.15) is 23.5 Å². The van der Waals surface area contributed by atoms with Gasteiger partial charge in [0.05, 0.1) is 0 Å². The van der Waals surface area contributed by atoms with E-state index in [0.717, 1.165) is 36.8 Å². The van der Waals surface area contributed by atoms with Gasteiger partial charge in [0.2, 0.25) is 5.91 Å². The van der Waals surface area contributed by atoms with Crippen molar-refractivity contribution in [3.05, 3.63) is 11.9 Å². The lowest BCUT2D eigenvalue weighted by Crippen LogP contribution is -2.42. The number of nitrogens with one attached hydrogen (secondary N) is 2. The minimum atomic E-state index is -0.125. The summed E-state index contributed by atoms with van der Waals surface area (Å²) in [5, 5.41) is 5.80. The highest BCUT2D eigenvalue weighted by atomic mass is 16.2. The zero-order valence-corrected chi connectivity index (χ0v) is 12.6. The molecule has 1 fully saturated rings. The molecule has 1 aromatic heterocycles. The highest BCUT2D eigenvalue weighted by Gasteiger charge is 2.31. The van der Waals surface area contributed by atoms with Crippen molar-refractivity contribution in [1.29, 1.82) is 0 Å². The quantitative estimate of drug-likeness (QED) is 0.869. The van der Waals surface area contributed by atoms with Crippen molar-refractivity contribution in [2.45, 2.75) is 38.6 Å². The fourth-order valence-electron chi connectivity index (χ4n) is 2.47. The molecule has 110 valence electrons. The Balaban J connectivity index is 2.35. The molecule has 0 aromatic carbocycles. The van der Waals surface area contributed by atoms with Crippen LogP contribution in [0.25, 0.3) is 0 Å². The summed E-state index contributed by atoms with van der Waals surface area (Å²) in [6.07, 6.45) is 1.88. The van der Waals surface area contributed by atoms with E-state index in [1.807, 2.05) is 13.1 Å². The molecule has 6 nitrogen and oxygen atoms in total. The Morgan fingerprint density at radius 2 is 2.15 bits per heavy atom. The number of amides is 1. The van der Waals surface area contributed by atoms with Gasteiger partial charge in [0.25, 0.3) is 0 Å². The number of hydrogen-bond donors (Lipinski definition) is 2. The molecule has 0 saturated carbocycles. The molecule has 1 atom stereocenters. The van der Waals surface area contributed by atoms with Crippen LogP contribution in [-0.2, 0) is 4.79 Å². The van der Waals surface area contributed by atoms with Crippen LogP contribution in [0.4, 0.5) is 11.6 Å². The third-order valence-electron chi connectivity index (χ3n) is 3.60. The van der Waals surface area contributed by atoms with Crippen LogP contribution >= 0.6 is 0 Å². The van der Waals surface area contributed by atoms with Gasteiger partial charge in [-0.25, -0.2) is 9.97 Å². The van der Waals surface area contributed by atoms with Crippen LogP contribution in [0.15, 0.2) is 6.07 Å². The smallest absolute Gasteiger partial charge is 0.242 e. The number of anilines is 2. The van der Waals surface area contributed by atoms with Gasteiger partial charge in [0, 0.05) is 32.6 Å². The van der Waals surface area contributed by atoms with Gasteiger partial charge in [-0.2, -0.15) is 0 Å². The Morgan fingerprint density at radius 1 is 1.40 bits per heavy atom. The largest absolute Gasteiger partial charge is 0.373 e. The molecule has 1 amide bonds. The molecule has 0 aliphatic carbocycles. The van der Waals surface area contributed by atoms with Crippen LogP contribution in [0.2, 0.25) is 0 Å². The van der Waals surface area contributed by atoms with Crippen molar-refractivity contribution in [2.75, 3.05) is 30.9 Å². The summed E-state index contributed by atoms with van der Waals surface area (Å²) in [7, 11) is 3.52. The van der Waals surface area contributed by atoms with Crippen LogP contribution in [0.5, 0.6) is 0 Å². The van der Waals surface area contributed by atoms with Gasteiger partial charge in [-0.15, -0.1) is 0 Å². The fourth-order valence-corrected chi connectivity index (χ4v) is 2.47. The molecule has 2 heterocycles. The second-order valence-corrected chi connectivity index (χ2v) is 5.34. The summed E-state index contributed by atoms with van der Waals surface area (Å²) in [4.78, 5) is 23.1. The number of likely N-dealkylation sites (N-methyl/N-ethyl adjacent to an activating group) is 1. The zero-order valence-electron chi connectivity index (χ0n) is 12.6. The molecule has 2 N–H and O–H groups in total. The third-order valence-corrected chi connectivity index (χ3v) is 3.60. The predicted octanol–water partition coefficient (Wildman–Crippen LogP) is 1.36. The van der Waals surface area contributed by atoms with Crippen molar-refractivity contribution in [1.82, 2.24) is 15.3 Å². The minimum absolute atomic E-state index is 0.0539. The van der Waals surface area contributed by atoms with Gasteiger partial charge >= 0.3 is 0 Å². The molecule has 1 aromatic rings. The fraction of sp³-hybridized carbons (Fsp3) is 0.643. The lowest BCUT2D eigenvalue weighted by molar-refractivity contribution is -0.121. The second kappa shape index (κ2) is 6.07. The van der Waals surface area contributed by atoms with Gasteiger partial charge < -0.3 is 15.5 Å². The maximum atomic E-state index is 12.0. The normalized spacial score (nSPS) is 18.4. The SMILES string of the molecule is CNC(=O)C1CCCN1c1cc(NC)nc(C(C)C)n1. The molecule has 1 unspecified atom stereocenters. The average Bonchev–Trinajstić information content (AvgIpc) is 2.95. The Bertz CT molecular complexity index is 488. The van der Waals surface area contributed by atoms with Gasteiger partial charge in [-0.3, -0.25) is 4.79 Å². The minimum Gasteiger partial charge on any atom is -0.373 e. The summed E-state index contributed by atoms with van der Waals surface area (Å²) < 4.78 is 0. The molecule has 0 radical (unpaired) electrons. The summed E-state index contributed by atoms with van der Waals surface area (Å²) in [6, 6.07) is 1.78. The van der Waals surface area contributed by atoms with E-state index in [2.05, 4.69) is 39.3 Å². The van der Waals surface area contributed by atoms with Gasteiger partial charge in [-0.05, 0) is 12.8 Å². The molecule has 1 saturated heterocycles. The van der Waals surface area contributed by atoms with E-state index in [1.54, 1.807) is 7.05 Å². The van der Waals surface area contributed by atoms with Crippen molar-refractivity contribution in [3.8, 4) is 0 Å². The molecular formula is C14H23N5O. The first kappa shape index (κ1) is 14.6. The second-order valence-electron chi connectivity index (χ2n) is 5.34. The van der Waals surface area contributed by atoms with Crippen LogP contribution in [0, 0.1) is 0 Å². The first-order chi connectivity index (χ1) is 9.56. The third kappa shape index (κ3) is 2.84. The summed E-state index contributed by atoms with van der Waals surface area (Å²) in [5.74, 6) is 2.73. The van der Waals surface area contributed by atoms with Gasteiger partial charge in [0.15, 0.2) is 0 Å². The monoisotopic (exact) mass is 277 g/mol. The Hall–Kier alpha value is -1.85. The van der Waals surface area contributed by atoms with Crippen molar-refractivity contribution < 1.29 is 4.79 Å². The lowest BCUT2D eigenvalue weighted by Gasteiger charge is -2.25. The van der Waals surface area contributed by atoms with E-state index in [0.29, 0.717) is 0 Å². The van der Waals surface area contributed by atoms with Crippen LogP contribution in [0.1, 0.15) is 38.4 Å². The number of rotatable bonds is 4. The first-order valence-corrected chi connectivity index (χ1v) is 7.11. The number of carbonyl (C=O) groups is 1. The number of hydrogen-bond acceptors (Lipinski definition) is 5. The molecular weight excluding hydrogens is 254 g/mol.